The normalized spacial score (nSPS) is 16.5. The molecule has 0 radical (unpaired) electrons. The maximum atomic E-state index is 14.7. The molecule has 0 aliphatic carbocycles. The van der Waals surface area contributed by atoms with E-state index in [-0.39, 0.29) is 62.6 Å². The van der Waals surface area contributed by atoms with Crippen LogP contribution in [0.4, 0.5) is 9.59 Å². The first-order chi connectivity index (χ1) is 31.7. The molecule has 1 fully saturated rings. The zero-order chi connectivity index (χ0) is 50.7. The Labute approximate surface area is 397 Å². The van der Waals surface area contributed by atoms with Gasteiger partial charge in [-0.15, -0.1) is 0 Å². The van der Waals surface area contributed by atoms with Gasteiger partial charge in [0.05, 0.1) is 17.7 Å². The molecule has 2 aromatic carbocycles. The number of hydrogen-bond acceptors (Lipinski definition) is 12. The van der Waals surface area contributed by atoms with Crippen LogP contribution in [0.5, 0.6) is 5.75 Å². The number of para-hydroxylation sites is 1. The van der Waals surface area contributed by atoms with Crippen molar-refractivity contribution in [3.05, 3.63) is 77.6 Å². The number of benzene rings is 2. The third kappa shape index (κ3) is 15.0. The largest absolute Gasteiger partial charge is 0.493 e. The van der Waals surface area contributed by atoms with Crippen molar-refractivity contribution in [3.63, 3.8) is 0 Å². The summed E-state index contributed by atoms with van der Waals surface area (Å²) < 4.78 is 16.9. The number of carbonyl (C=O) groups excluding carboxylic acids is 5. The van der Waals surface area contributed by atoms with Crippen molar-refractivity contribution < 1.29 is 53.2 Å². The Morgan fingerprint density at radius 3 is 2.26 bits per heavy atom. The van der Waals surface area contributed by atoms with Gasteiger partial charge in [0.2, 0.25) is 11.8 Å². The number of hydrogen-bond donors (Lipinski definition) is 7. The Hall–Kier alpha value is -7.02. The number of guanidine groups is 1. The van der Waals surface area contributed by atoms with Gasteiger partial charge in [0.15, 0.2) is 5.96 Å². The van der Waals surface area contributed by atoms with Gasteiger partial charge in [-0.1, -0.05) is 24.8 Å². The highest BCUT2D eigenvalue weighted by Gasteiger charge is 2.50. The van der Waals surface area contributed by atoms with E-state index < -0.39 is 70.5 Å². The Bertz CT molecular complexity index is 2460. The summed E-state index contributed by atoms with van der Waals surface area (Å²) in [6.45, 7) is 21.1. The fourth-order valence-corrected chi connectivity index (χ4v) is 7.34. The molecule has 1 aliphatic rings. The summed E-state index contributed by atoms with van der Waals surface area (Å²) in [4.78, 5) is 89.4. The van der Waals surface area contributed by atoms with Gasteiger partial charge in [-0.25, -0.2) is 14.4 Å². The lowest BCUT2D eigenvalue weighted by Crippen LogP contribution is -2.58. The second kappa shape index (κ2) is 22.6. The minimum Gasteiger partial charge on any atom is -0.493 e. The SMILES string of the molecule is C=C(C)c1cnc2ccccc2c1-c1cc(C(=O)NC(CCCN=C(N)NC(=O)OC(C)(C)C)C(=O)N2CCC(C)(O)C2C(=O)NC(C(=O)O)=C(C)C)ccc1OCCCNC(=O)OC(C)(C)C. The molecule has 1 aromatic heterocycles. The lowest BCUT2D eigenvalue weighted by molar-refractivity contribution is -0.145. The third-order valence-corrected chi connectivity index (χ3v) is 10.4. The van der Waals surface area contributed by atoms with Gasteiger partial charge in [0.25, 0.3) is 5.91 Å². The Morgan fingerprint density at radius 2 is 1.63 bits per heavy atom. The average Bonchev–Trinajstić information content (AvgIpc) is 3.55. The number of alkyl carbamates (subject to hydrolysis) is 2. The number of aliphatic carboxylic acids is 1. The van der Waals surface area contributed by atoms with Crippen LogP contribution in [-0.4, -0.2) is 117 Å². The molecule has 19 heteroatoms. The number of nitrogens with one attached hydrogen (secondary N) is 4. The molecule has 4 rings (SSSR count). The first-order valence-electron chi connectivity index (χ1n) is 22.3. The van der Waals surface area contributed by atoms with Crippen LogP contribution in [0, 0.1) is 0 Å². The number of fused-ring (bicyclic) bond motifs is 1. The fraction of sp³-hybridized carbons (Fsp3) is 0.469. The number of pyridine rings is 1. The van der Waals surface area contributed by atoms with Crippen molar-refractivity contribution in [1.29, 1.82) is 0 Å². The smallest absolute Gasteiger partial charge is 0.414 e. The van der Waals surface area contributed by atoms with E-state index >= 15 is 0 Å². The van der Waals surface area contributed by atoms with Crippen molar-refractivity contribution in [2.75, 3.05) is 26.2 Å². The summed E-state index contributed by atoms with van der Waals surface area (Å²) >= 11 is 0. The highest BCUT2D eigenvalue weighted by Crippen LogP contribution is 2.40. The molecule has 368 valence electrons. The summed E-state index contributed by atoms with van der Waals surface area (Å²) in [5.74, 6) is -3.55. The number of allylic oxidation sites excluding steroid dienone is 2. The fourth-order valence-electron chi connectivity index (χ4n) is 7.34. The van der Waals surface area contributed by atoms with E-state index in [1.807, 2.05) is 31.2 Å². The van der Waals surface area contributed by atoms with Crippen molar-refractivity contribution in [1.82, 2.24) is 31.2 Å². The first kappa shape index (κ1) is 53.6. The van der Waals surface area contributed by atoms with E-state index in [0.29, 0.717) is 40.0 Å². The number of aliphatic hydroxyl groups is 1. The van der Waals surface area contributed by atoms with Gasteiger partial charge in [0.1, 0.15) is 34.7 Å². The molecule has 0 spiro atoms. The molecule has 5 amide bonds. The first-order valence-corrected chi connectivity index (χ1v) is 22.3. The number of likely N-dealkylation sites (tertiary alicyclic amines) is 1. The molecule has 8 N–H and O–H groups in total. The third-order valence-electron chi connectivity index (χ3n) is 10.4. The van der Waals surface area contributed by atoms with Gasteiger partial charge in [0, 0.05) is 53.5 Å². The molecule has 1 saturated heterocycles. The van der Waals surface area contributed by atoms with Crippen molar-refractivity contribution in [2.45, 2.75) is 124 Å². The number of carboxylic acid groups (broad SMARTS) is 1. The van der Waals surface area contributed by atoms with Crippen LogP contribution in [0.15, 0.2) is 71.5 Å². The maximum Gasteiger partial charge on any atom is 0.414 e. The van der Waals surface area contributed by atoms with Gasteiger partial charge in [-0.2, -0.15) is 0 Å². The van der Waals surface area contributed by atoms with E-state index in [2.05, 4.69) is 37.8 Å². The monoisotopic (exact) mass is 942 g/mol. The lowest BCUT2D eigenvalue weighted by atomic mass is 9.91. The number of amides is 5. The molecule has 3 unspecified atom stereocenters. The molecule has 3 aromatic rings. The summed E-state index contributed by atoms with van der Waals surface area (Å²) in [5.41, 5.74) is 5.99. The number of carbonyl (C=O) groups is 6. The van der Waals surface area contributed by atoms with Crippen molar-refractivity contribution in [2.24, 2.45) is 10.7 Å². The van der Waals surface area contributed by atoms with Crippen LogP contribution >= 0.6 is 0 Å². The predicted octanol–water partition coefficient (Wildman–Crippen LogP) is 5.79. The lowest BCUT2D eigenvalue weighted by Gasteiger charge is -2.33. The van der Waals surface area contributed by atoms with Crippen molar-refractivity contribution >= 4 is 58.3 Å². The summed E-state index contributed by atoms with van der Waals surface area (Å²) in [5, 5.41) is 32.2. The van der Waals surface area contributed by atoms with E-state index in [1.165, 1.54) is 26.8 Å². The number of nitrogens with two attached hydrogens (primary N) is 1. The minimum atomic E-state index is -1.77. The van der Waals surface area contributed by atoms with E-state index in [9.17, 15) is 39.0 Å². The van der Waals surface area contributed by atoms with E-state index in [4.69, 9.17) is 19.9 Å². The second-order valence-corrected chi connectivity index (χ2v) is 19.0. The Kier molecular flexibility index (Phi) is 17.9. The van der Waals surface area contributed by atoms with Crippen LogP contribution in [0.1, 0.15) is 111 Å². The van der Waals surface area contributed by atoms with Gasteiger partial charge < -0.3 is 51.0 Å². The number of aliphatic imine (C=N–C) groups is 1. The van der Waals surface area contributed by atoms with E-state index in [1.54, 1.807) is 59.9 Å². The highest BCUT2D eigenvalue weighted by molar-refractivity contribution is 6.05. The summed E-state index contributed by atoms with van der Waals surface area (Å²) in [6.07, 6.45) is 0.801. The number of ether oxygens (including phenoxy) is 3. The highest BCUT2D eigenvalue weighted by atomic mass is 16.6. The average molecular weight is 943 g/mol. The number of aromatic nitrogens is 1. The molecule has 2 heterocycles. The quantitative estimate of drug-likeness (QED) is 0.0366. The van der Waals surface area contributed by atoms with Crippen LogP contribution in [0.25, 0.3) is 27.6 Å². The Balaban J connectivity index is 1.72. The zero-order valence-corrected chi connectivity index (χ0v) is 40.6. The van der Waals surface area contributed by atoms with Crippen LogP contribution in [0.2, 0.25) is 0 Å². The number of rotatable bonds is 17. The standard InChI is InChI=1S/C49H66N8O11/c1-28(2)33-27-53-34-17-13-12-16-31(34)37(33)32-26-30(19-20-36(32)66-25-15-23-52-45(63)67-47(5,6)7)40(58)54-35(18-14-22-51-44(50)56-46(64)68-48(8,9)10)42(60)57-24-21-49(11,65)39(57)41(59)55-38(29(3)4)43(61)62/h12-13,16-17,19-20,26-27,35,39,65H,1,14-15,18,21-25H2,2-11H3,(H,52,63)(H,54,58)(H,55,59)(H,61,62)(H3,50,51,56,64). The number of nitrogens with zero attached hydrogens (tertiary/aromatic N) is 3. The molecule has 0 saturated carbocycles. The van der Waals surface area contributed by atoms with Crippen molar-refractivity contribution in [3.8, 4) is 16.9 Å². The summed E-state index contributed by atoms with van der Waals surface area (Å²) in [6, 6.07) is 9.43. The second-order valence-electron chi connectivity index (χ2n) is 19.0. The maximum absolute atomic E-state index is 14.7. The van der Waals surface area contributed by atoms with Crippen LogP contribution < -0.4 is 31.7 Å². The molecular formula is C49H66N8O11. The molecule has 19 nitrogen and oxygen atoms in total. The minimum absolute atomic E-state index is 0.00622. The molecule has 68 heavy (non-hydrogen) atoms. The molecule has 0 bridgehead atoms. The molecule has 1 aliphatic heterocycles. The molecule has 3 atom stereocenters. The number of carboxylic acids is 1. The van der Waals surface area contributed by atoms with E-state index in [0.717, 1.165) is 10.3 Å². The van der Waals surface area contributed by atoms with Crippen LogP contribution in [0.3, 0.4) is 0 Å². The van der Waals surface area contributed by atoms with Gasteiger partial charge >= 0.3 is 18.2 Å². The van der Waals surface area contributed by atoms with Gasteiger partial charge in [-0.3, -0.25) is 29.7 Å². The predicted molar refractivity (Wildman–Crippen MR) is 257 cm³/mol. The van der Waals surface area contributed by atoms with Crippen LogP contribution in [-0.2, 0) is 23.9 Å². The van der Waals surface area contributed by atoms with Gasteiger partial charge in [-0.05, 0) is 130 Å². The Morgan fingerprint density at radius 1 is 0.971 bits per heavy atom. The molecular weight excluding hydrogens is 877 g/mol. The summed E-state index contributed by atoms with van der Waals surface area (Å²) in [7, 11) is 0. The topological polar surface area (TPSA) is 273 Å². The zero-order valence-electron chi connectivity index (χ0n) is 40.6.